The highest BCUT2D eigenvalue weighted by atomic mass is 35.5. The van der Waals surface area contributed by atoms with Crippen LogP contribution in [0.1, 0.15) is 129 Å². The summed E-state index contributed by atoms with van der Waals surface area (Å²) in [6.07, 6.45) is 3.37. The zero-order valence-corrected chi connectivity index (χ0v) is 45.3. The maximum atomic E-state index is 14.1. The molecule has 15 nitrogen and oxygen atoms in total. The quantitative estimate of drug-likeness (QED) is 0.142. The molecule has 2 heterocycles. The zero-order chi connectivity index (χ0) is 50.9. The van der Waals surface area contributed by atoms with Crippen molar-refractivity contribution in [3.63, 3.8) is 0 Å². The zero-order valence-electron chi connectivity index (χ0n) is 43.6. The van der Waals surface area contributed by atoms with Gasteiger partial charge in [0.25, 0.3) is 0 Å². The maximum absolute atomic E-state index is 14.1. The van der Waals surface area contributed by atoms with Gasteiger partial charge in [0.15, 0.2) is 0 Å². The molecule has 4 aliphatic rings. The Morgan fingerprint density at radius 2 is 1.06 bits per heavy atom. The average Bonchev–Trinajstić information content (AvgIpc) is 4.15. The summed E-state index contributed by atoms with van der Waals surface area (Å²) in [5, 5.41) is 15.3. The number of hydrogen-bond acceptors (Lipinski definition) is 9. The second-order valence-electron chi connectivity index (χ2n) is 21.4. The van der Waals surface area contributed by atoms with Crippen molar-refractivity contribution in [1.82, 2.24) is 36.4 Å². The lowest BCUT2D eigenvalue weighted by atomic mass is 9.85. The standard InChI is InChI=1S/C55H75N7O8.2ClH/c1-11-34(2)48(63)59-46(54(4,5)6)52(67)61-28-20-26-40(61)50(65)57-44-38-24-16-14-22-36(38)32-42(44)69-30-18-12-13-19-31-70-43-33-37-23-15-17-25-39(37)45(43)58-51(66)41-27-21-29-62(41)53(68)47(55(7,8)9)60-49(64)35(3)56-10;;/h14-17,22-25,34-35,40-47,56H,11,20-21,26-33H2,1-10H3,(H,57,65)(H,58,66)(H,59,63)(H,60,64);2*1H/t34-,35+,40+,41+,42+,43+,44+,45+,46-,47-;;/m1../s1. The number of amides is 6. The van der Waals surface area contributed by atoms with Crippen LogP contribution in [0.3, 0.4) is 0 Å². The van der Waals surface area contributed by atoms with Gasteiger partial charge in [-0.1, -0.05) is 116 Å². The number of halogens is 2. The van der Waals surface area contributed by atoms with Crippen molar-refractivity contribution >= 4 is 60.3 Å². The summed E-state index contributed by atoms with van der Waals surface area (Å²) >= 11 is 0. The van der Waals surface area contributed by atoms with Crippen molar-refractivity contribution in [2.75, 3.05) is 33.4 Å². The van der Waals surface area contributed by atoms with Crippen LogP contribution in [0.5, 0.6) is 0 Å². The average molecular weight is 1040 g/mol. The van der Waals surface area contributed by atoms with E-state index in [4.69, 9.17) is 9.47 Å². The van der Waals surface area contributed by atoms with Crippen LogP contribution in [0.2, 0.25) is 0 Å². The number of ether oxygens (including phenoxy) is 2. The fraction of sp³-hybridized carbons (Fsp3) is 0.600. The van der Waals surface area contributed by atoms with Crippen molar-refractivity contribution in [2.45, 2.75) is 162 Å². The molecule has 6 amide bonds. The Morgan fingerprint density at radius 3 is 1.44 bits per heavy atom. The largest absolute Gasteiger partial charge is 0.363 e. The highest BCUT2D eigenvalue weighted by Crippen LogP contribution is 2.36. The number of rotatable bonds is 16. The van der Waals surface area contributed by atoms with Crippen LogP contribution in [0.15, 0.2) is 48.5 Å². The Bertz CT molecular complexity index is 2220. The smallest absolute Gasteiger partial charge is 0.246 e. The van der Waals surface area contributed by atoms with Gasteiger partial charge in [-0.25, -0.2) is 0 Å². The second-order valence-corrected chi connectivity index (χ2v) is 21.4. The first-order valence-corrected chi connectivity index (χ1v) is 25.1. The number of carbonyl (C=O) groups excluding carboxylic acids is 6. The number of carbonyl (C=O) groups is 6. The Labute approximate surface area is 439 Å². The van der Waals surface area contributed by atoms with Gasteiger partial charge in [0.1, 0.15) is 37.4 Å². The normalized spacial score (nSPS) is 22.6. The molecule has 394 valence electrons. The Morgan fingerprint density at radius 1 is 0.653 bits per heavy atom. The fourth-order valence-electron chi connectivity index (χ4n) is 9.83. The first-order chi connectivity index (χ1) is 33.2. The number of likely N-dealkylation sites (N-methyl/N-ethyl adjacent to an activating group) is 1. The van der Waals surface area contributed by atoms with Crippen LogP contribution < -0.4 is 26.6 Å². The van der Waals surface area contributed by atoms with Gasteiger partial charge in [-0.2, -0.15) is 0 Å². The molecule has 0 aromatic heterocycles. The summed E-state index contributed by atoms with van der Waals surface area (Å²) in [4.78, 5) is 85.4. The van der Waals surface area contributed by atoms with Gasteiger partial charge in [0.2, 0.25) is 35.4 Å². The highest BCUT2D eigenvalue weighted by Gasteiger charge is 2.46. The van der Waals surface area contributed by atoms with Crippen LogP contribution in [-0.4, -0.2) is 121 Å². The third kappa shape index (κ3) is 14.3. The van der Waals surface area contributed by atoms with Crippen LogP contribution >= 0.6 is 24.8 Å². The molecule has 0 radical (unpaired) electrons. The molecule has 2 aromatic carbocycles. The van der Waals surface area contributed by atoms with E-state index in [1.54, 1.807) is 23.8 Å². The number of hydrogen-bond donors (Lipinski definition) is 5. The van der Waals surface area contributed by atoms with Crippen molar-refractivity contribution in [1.29, 1.82) is 0 Å². The van der Waals surface area contributed by atoms with Gasteiger partial charge in [-0.15, -0.1) is 24.8 Å². The molecule has 0 saturated carbocycles. The Hall–Kier alpha value is -5.16. The van der Waals surface area contributed by atoms with E-state index in [0.717, 1.165) is 22.3 Å². The number of benzene rings is 2. The fourth-order valence-corrected chi connectivity index (χ4v) is 9.83. The molecule has 2 aliphatic carbocycles. The number of nitrogens with zero attached hydrogens (tertiary/aromatic N) is 2. The Kier molecular flexibility index (Phi) is 21.6. The molecular weight excluding hydrogens is 958 g/mol. The van der Waals surface area contributed by atoms with Crippen molar-refractivity contribution < 1.29 is 38.2 Å². The lowest BCUT2D eigenvalue weighted by Gasteiger charge is -2.36. The first-order valence-electron chi connectivity index (χ1n) is 25.1. The minimum absolute atomic E-state index is 0. The molecule has 6 rings (SSSR count). The molecule has 0 spiro atoms. The van der Waals surface area contributed by atoms with E-state index in [1.807, 2.05) is 104 Å². The predicted molar refractivity (Wildman–Crippen MR) is 282 cm³/mol. The summed E-state index contributed by atoms with van der Waals surface area (Å²) in [6.45, 7) is 18.0. The Balaban J connectivity index is 0.00000562. The molecule has 2 aliphatic heterocycles. The number of fused-ring (bicyclic) bond motifs is 2. The van der Waals surface area contributed by atoms with Crippen LogP contribution in [0, 0.1) is 40.4 Å². The SMILES string of the molecule is CC[C@@H](C)C(=O)N[C@H](C(=O)N1CCC[C@H]1C(=O)N[C@H]1c2ccccc2C[C@@H]1OCC#CC#CCO[C@H]1Cc2ccccc2[C@@H]1NC(=O)[C@@H]1CCCN1C(=O)[C@@H](NC(=O)[C@H](C)NC)C(C)(C)C)C(C)(C)C.Cl.Cl. The third-order valence-electron chi connectivity index (χ3n) is 14.3. The van der Waals surface area contributed by atoms with Gasteiger partial charge in [-0.3, -0.25) is 28.8 Å². The second kappa shape index (κ2) is 26.2. The molecule has 2 aromatic rings. The van der Waals surface area contributed by atoms with Gasteiger partial charge >= 0.3 is 0 Å². The number of likely N-dealkylation sites (tertiary alicyclic amines) is 2. The van der Waals surface area contributed by atoms with Crippen molar-refractivity contribution in [2.24, 2.45) is 16.7 Å². The molecule has 10 atom stereocenters. The molecule has 0 unspecified atom stereocenters. The summed E-state index contributed by atoms with van der Waals surface area (Å²) in [7, 11) is 1.69. The van der Waals surface area contributed by atoms with Gasteiger partial charge < -0.3 is 45.9 Å². The third-order valence-corrected chi connectivity index (χ3v) is 14.3. The lowest BCUT2D eigenvalue weighted by molar-refractivity contribution is -0.144. The maximum Gasteiger partial charge on any atom is 0.246 e. The lowest BCUT2D eigenvalue weighted by Crippen LogP contribution is -2.59. The first kappa shape index (κ1) is 59.4. The van der Waals surface area contributed by atoms with Crippen molar-refractivity contribution in [3.8, 4) is 23.7 Å². The van der Waals surface area contributed by atoms with Gasteiger partial charge in [0.05, 0.1) is 30.3 Å². The summed E-state index contributed by atoms with van der Waals surface area (Å²) < 4.78 is 12.6. The van der Waals surface area contributed by atoms with E-state index in [-0.39, 0.29) is 79.4 Å². The minimum Gasteiger partial charge on any atom is -0.363 e. The van der Waals surface area contributed by atoms with Crippen molar-refractivity contribution in [3.05, 3.63) is 70.8 Å². The molecule has 2 fully saturated rings. The van der Waals surface area contributed by atoms with E-state index < -0.39 is 65.3 Å². The van der Waals surface area contributed by atoms with E-state index in [9.17, 15) is 28.8 Å². The monoisotopic (exact) mass is 1030 g/mol. The number of nitrogens with one attached hydrogen (secondary N) is 5. The minimum atomic E-state index is -0.817. The van der Waals surface area contributed by atoms with E-state index >= 15 is 0 Å². The molecule has 72 heavy (non-hydrogen) atoms. The van der Waals surface area contributed by atoms with Gasteiger partial charge in [-0.05, 0) is 91.0 Å². The van der Waals surface area contributed by atoms with E-state index in [0.29, 0.717) is 58.0 Å². The molecule has 2 saturated heterocycles. The highest BCUT2D eigenvalue weighted by molar-refractivity contribution is 5.95. The van der Waals surface area contributed by atoms with E-state index in [1.165, 1.54) is 0 Å². The van der Waals surface area contributed by atoms with E-state index in [2.05, 4.69) is 50.3 Å². The topological polar surface area (TPSA) is 188 Å². The summed E-state index contributed by atoms with van der Waals surface area (Å²) in [6, 6.07) is 11.4. The van der Waals surface area contributed by atoms with Crippen LogP contribution in [-0.2, 0) is 51.1 Å². The summed E-state index contributed by atoms with van der Waals surface area (Å²) in [5.41, 5.74) is 2.89. The molecule has 5 N–H and O–H groups in total. The molecule has 0 bridgehead atoms. The molecular formula is C55H77Cl2N7O8. The summed E-state index contributed by atoms with van der Waals surface area (Å²) in [5.74, 6) is 9.94. The van der Waals surface area contributed by atoms with Crippen LogP contribution in [0.25, 0.3) is 0 Å². The molecule has 17 heteroatoms. The predicted octanol–water partition coefficient (Wildman–Crippen LogP) is 5.13. The van der Waals surface area contributed by atoms with Crippen LogP contribution in [0.4, 0.5) is 0 Å². The van der Waals surface area contributed by atoms with Gasteiger partial charge in [0, 0.05) is 31.8 Å².